The van der Waals surface area contributed by atoms with Gasteiger partial charge in [-0.3, -0.25) is 4.79 Å². The van der Waals surface area contributed by atoms with E-state index in [1.165, 1.54) is 6.08 Å². The molecule has 3 aromatic rings. The van der Waals surface area contributed by atoms with E-state index in [0.717, 1.165) is 16.6 Å². The van der Waals surface area contributed by atoms with Crippen LogP contribution in [0.1, 0.15) is 11.1 Å². The first-order chi connectivity index (χ1) is 10.7. The molecule has 0 aliphatic rings. The molecule has 2 aromatic heterocycles. The number of carbonyl (C=O) groups excluding carboxylic acids is 1. The fourth-order valence-corrected chi connectivity index (χ4v) is 2.34. The van der Waals surface area contributed by atoms with Crippen molar-refractivity contribution in [3.63, 3.8) is 0 Å². The van der Waals surface area contributed by atoms with Crippen molar-refractivity contribution in [3.8, 4) is 0 Å². The quantitative estimate of drug-likeness (QED) is 0.751. The number of hydrogen-bond acceptors (Lipinski definition) is 2. The van der Waals surface area contributed by atoms with Crippen molar-refractivity contribution < 1.29 is 4.79 Å². The number of halogens is 1. The lowest BCUT2D eigenvalue weighted by Crippen LogP contribution is -2.20. The van der Waals surface area contributed by atoms with Gasteiger partial charge in [-0.2, -0.15) is 5.10 Å². The van der Waals surface area contributed by atoms with Gasteiger partial charge in [0.15, 0.2) is 0 Å². The van der Waals surface area contributed by atoms with Crippen molar-refractivity contribution in [2.45, 2.75) is 6.54 Å². The molecule has 4 nitrogen and oxygen atoms in total. The lowest BCUT2D eigenvalue weighted by Gasteiger charge is -2.01. The molecule has 0 atom stereocenters. The number of rotatable bonds is 4. The van der Waals surface area contributed by atoms with Crippen LogP contribution in [0.2, 0.25) is 5.02 Å². The molecule has 0 radical (unpaired) electrons. The second kappa shape index (κ2) is 6.45. The largest absolute Gasteiger partial charge is 0.348 e. The summed E-state index contributed by atoms with van der Waals surface area (Å²) in [6.45, 7) is 0.430. The van der Waals surface area contributed by atoms with Crippen molar-refractivity contribution in [1.29, 1.82) is 0 Å². The van der Waals surface area contributed by atoms with E-state index >= 15 is 0 Å². The van der Waals surface area contributed by atoms with Crippen LogP contribution in [0.3, 0.4) is 0 Å². The molecule has 2 heterocycles. The van der Waals surface area contributed by atoms with Crippen LogP contribution in [0.25, 0.3) is 11.6 Å². The van der Waals surface area contributed by atoms with Crippen molar-refractivity contribution in [2.24, 2.45) is 0 Å². The number of nitrogens with zero attached hydrogens (tertiary/aromatic N) is 2. The number of hydrogen-bond donors (Lipinski definition) is 1. The minimum Gasteiger partial charge on any atom is -0.348 e. The normalized spacial score (nSPS) is 11.1. The summed E-state index contributed by atoms with van der Waals surface area (Å²) in [5.41, 5.74) is 2.77. The minimum absolute atomic E-state index is 0.171. The summed E-state index contributed by atoms with van der Waals surface area (Å²) in [6, 6.07) is 13.2. The number of carbonyl (C=O) groups is 1. The first-order valence-electron chi connectivity index (χ1n) is 6.86. The maximum atomic E-state index is 11.9. The molecule has 0 bridgehead atoms. The summed E-state index contributed by atoms with van der Waals surface area (Å²) in [4.78, 5) is 11.9. The van der Waals surface area contributed by atoms with Crippen molar-refractivity contribution in [2.75, 3.05) is 0 Å². The van der Waals surface area contributed by atoms with Gasteiger partial charge in [0.1, 0.15) is 0 Å². The SMILES string of the molecule is O=C(C=Cc1ccccc1Cl)NCc1cnn2ccccc12. The van der Waals surface area contributed by atoms with Gasteiger partial charge in [-0.25, -0.2) is 4.52 Å². The van der Waals surface area contributed by atoms with Gasteiger partial charge < -0.3 is 5.32 Å². The fraction of sp³-hybridized carbons (Fsp3) is 0.0588. The third-order valence-electron chi connectivity index (χ3n) is 3.28. The maximum Gasteiger partial charge on any atom is 0.244 e. The summed E-state index contributed by atoms with van der Waals surface area (Å²) in [7, 11) is 0. The van der Waals surface area contributed by atoms with Crippen molar-refractivity contribution in [1.82, 2.24) is 14.9 Å². The van der Waals surface area contributed by atoms with Gasteiger partial charge in [0.25, 0.3) is 0 Å². The highest BCUT2D eigenvalue weighted by molar-refractivity contribution is 6.32. The van der Waals surface area contributed by atoms with Crippen LogP contribution in [0.15, 0.2) is 60.9 Å². The first kappa shape index (κ1) is 14.4. The maximum absolute atomic E-state index is 11.9. The number of aromatic nitrogens is 2. The molecule has 0 aliphatic heterocycles. The summed E-state index contributed by atoms with van der Waals surface area (Å²) < 4.78 is 1.78. The molecule has 5 heteroatoms. The Balaban J connectivity index is 1.64. The van der Waals surface area contributed by atoms with E-state index < -0.39 is 0 Å². The Kier molecular flexibility index (Phi) is 4.21. The second-order valence-electron chi connectivity index (χ2n) is 4.77. The number of nitrogens with one attached hydrogen (secondary N) is 1. The molecule has 0 spiro atoms. The van der Waals surface area contributed by atoms with Crippen LogP contribution in [0.4, 0.5) is 0 Å². The van der Waals surface area contributed by atoms with Gasteiger partial charge in [-0.1, -0.05) is 35.9 Å². The summed E-state index contributed by atoms with van der Waals surface area (Å²) in [6.07, 6.45) is 6.81. The molecule has 1 aromatic carbocycles. The smallest absolute Gasteiger partial charge is 0.244 e. The molecule has 22 heavy (non-hydrogen) atoms. The highest BCUT2D eigenvalue weighted by atomic mass is 35.5. The highest BCUT2D eigenvalue weighted by Gasteiger charge is 2.04. The van der Waals surface area contributed by atoms with Crippen LogP contribution < -0.4 is 5.32 Å². The summed E-state index contributed by atoms with van der Waals surface area (Å²) >= 11 is 6.04. The zero-order valence-corrected chi connectivity index (χ0v) is 12.5. The standard InChI is InChI=1S/C17H14ClN3O/c18-15-6-2-1-5-13(15)8-9-17(22)19-11-14-12-20-21-10-4-3-7-16(14)21/h1-10,12H,11H2,(H,19,22). The van der Waals surface area contributed by atoms with Gasteiger partial charge in [0, 0.05) is 29.4 Å². The Bertz CT molecular complexity index is 839. The predicted octanol–water partition coefficient (Wildman–Crippen LogP) is 3.32. The Morgan fingerprint density at radius 3 is 2.91 bits per heavy atom. The first-order valence-corrected chi connectivity index (χ1v) is 7.23. The molecule has 0 unspecified atom stereocenters. The van der Waals surface area contributed by atoms with Gasteiger partial charge in [0.2, 0.25) is 5.91 Å². The Morgan fingerprint density at radius 2 is 2.05 bits per heavy atom. The lowest BCUT2D eigenvalue weighted by molar-refractivity contribution is -0.116. The van der Waals surface area contributed by atoms with Gasteiger partial charge in [0.05, 0.1) is 11.7 Å². The number of fused-ring (bicyclic) bond motifs is 1. The van der Waals surface area contributed by atoms with Crippen LogP contribution in [-0.4, -0.2) is 15.5 Å². The lowest BCUT2D eigenvalue weighted by atomic mass is 10.2. The molecule has 3 rings (SSSR count). The topological polar surface area (TPSA) is 46.4 Å². The molecule has 0 saturated carbocycles. The van der Waals surface area contributed by atoms with Gasteiger partial charge in [-0.15, -0.1) is 0 Å². The number of amides is 1. The van der Waals surface area contributed by atoms with Crippen LogP contribution in [-0.2, 0) is 11.3 Å². The molecule has 0 saturated heterocycles. The van der Waals surface area contributed by atoms with Crippen LogP contribution >= 0.6 is 11.6 Å². The average molecular weight is 312 g/mol. The van der Waals surface area contributed by atoms with E-state index in [9.17, 15) is 4.79 Å². The zero-order chi connectivity index (χ0) is 15.4. The third kappa shape index (κ3) is 3.18. The monoisotopic (exact) mass is 311 g/mol. The number of benzene rings is 1. The van der Waals surface area contributed by atoms with E-state index in [1.807, 2.05) is 42.6 Å². The van der Waals surface area contributed by atoms with E-state index in [4.69, 9.17) is 11.6 Å². The van der Waals surface area contributed by atoms with E-state index in [2.05, 4.69) is 10.4 Å². The minimum atomic E-state index is -0.171. The van der Waals surface area contributed by atoms with Crippen LogP contribution in [0, 0.1) is 0 Å². The summed E-state index contributed by atoms with van der Waals surface area (Å²) in [5.74, 6) is -0.171. The predicted molar refractivity (Wildman–Crippen MR) is 87.5 cm³/mol. The highest BCUT2D eigenvalue weighted by Crippen LogP contribution is 2.16. The average Bonchev–Trinajstić information content (AvgIpc) is 2.95. The molecule has 1 N–H and O–H groups in total. The van der Waals surface area contributed by atoms with Gasteiger partial charge >= 0.3 is 0 Å². The molecule has 0 aliphatic carbocycles. The molecule has 110 valence electrons. The van der Waals surface area contributed by atoms with Gasteiger partial charge in [-0.05, 0) is 29.8 Å². The van der Waals surface area contributed by atoms with Crippen molar-refractivity contribution in [3.05, 3.63) is 77.1 Å². The molecule has 0 fully saturated rings. The fourth-order valence-electron chi connectivity index (χ4n) is 2.14. The summed E-state index contributed by atoms with van der Waals surface area (Å²) in [5, 5.41) is 7.70. The third-order valence-corrected chi connectivity index (χ3v) is 3.62. The Morgan fingerprint density at radius 1 is 1.23 bits per heavy atom. The van der Waals surface area contributed by atoms with E-state index in [1.54, 1.807) is 22.9 Å². The second-order valence-corrected chi connectivity index (χ2v) is 5.18. The number of pyridine rings is 1. The zero-order valence-electron chi connectivity index (χ0n) is 11.7. The Hall–Kier alpha value is -2.59. The van der Waals surface area contributed by atoms with Crippen molar-refractivity contribution >= 4 is 29.1 Å². The molecular formula is C17H14ClN3O. The molecular weight excluding hydrogens is 298 g/mol. The van der Waals surface area contributed by atoms with Crippen LogP contribution in [0.5, 0.6) is 0 Å². The molecule has 1 amide bonds. The van der Waals surface area contributed by atoms with E-state index in [0.29, 0.717) is 11.6 Å². The Labute approximate surface area is 133 Å². The van der Waals surface area contributed by atoms with E-state index in [-0.39, 0.29) is 5.91 Å².